The van der Waals surface area contributed by atoms with Gasteiger partial charge in [-0.15, -0.1) is 0 Å². The third-order valence-corrected chi connectivity index (χ3v) is 3.58. The minimum atomic E-state index is -0.596. The van der Waals surface area contributed by atoms with E-state index in [4.69, 9.17) is 4.74 Å². The first-order valence-corrected chi connectivity index (χ1v) is 6.36. The molecule has 2 fully saturated rings. The van der Waals surface area contributed by atoms with Crippen LogP contribution in [0.2, 0.25) is 0 Å². The van der Waals surface area contributed by atoms with E-state index in [1.165, 1.54) is 0 Å². The van der Waals surface area contributed by atoms with Crippen molar-refractivity contribution in [1.82, 2.24) is 10.2 Å². The maximum Gasteiger partial charge on any atom is 0.248 e. The van der Waals surface area contributed by atoms with Gasteiger partial charge in [0, 0.05) is 13.2 Å². The standard InChI is InChI=1S/C12H20N2O3/c1-2-17-8-7-14-9-10(15)13-12(11(14)16)5-3-4-6-12/h2-9H2,1H3,(H,13,15). The lowest BCUT2D eigenvalue weighted by molar-refractivity contribution is -0.150. The molecule has 1 saturated carbocycles. The lowest BCUT2D eigenvalue weighted by Crippen LogP contribution is -2.65. The number of piperazine rings is 1. The van der Waals surface area contributed by atoms with Crippen LogP contribution in [0.3, 0.4) is 0 Å². The Morgan fingerprint density at radius 2 is 2.06 bits per heavy atom. The van der Waals surface area contributed by atoms with Gasteiger partial charge in [-0.2, -0.15) is 0 Å². The molecule has 1 aliphatic heterocycles. The Hall–Kier alpha value is -1.10. The zero-order valence-electron chi connectivity index (χ0n) is 10.3. The quantitative estimate of drug-likeness (QED) is 0.719. The molecule has 1 spiro atoms. The summed E-state index contributed by atoms with van der Waals surface area (Å²) in [5.41, 5.74) is -0.596. The number of ether oxygens (including phenoxy) is 1. The third kappa shape index (κ3) is 2.44. The predicted molar refractivity (Wildman–Crippen MR) is 62.4 cm³/mol. The van der Waals surface area contributed by atoms with Crippen LogP contribution >= 0.6 is 0 Å². The molecular weight excluding hydrogens is 220 g/mol. The molecule has 2 aliphatic rings. The van der Waals surface area contributed by atoms with Crippen LogP contribution in [-0.4, -0.2) is 48.6 Å². The molecule has 1 aliphatic carbocycles. The second kappa shape index (κ2) is 5.04. The molecule has 96 valence electrons. The molecule has 2 amide bonds. The molecule has 17 heavy (non-hydrogen) atoms. The summed E-state index contributed by atoms with van der Waals surface area (Å²) in [6.07, 6.45) is 3.60. The topological polar surface area (TPSA) is 58.6 Å². The summed E-state index contributed by atoms with van der Waals surface area (Å²) < 4.78 is 5.25. The Morgan fingerprint density at radius 1 is 1.35 bits per heavy atom. The van der Waals surface area contributed by atoms with Crippen LogP contribution in [0, 0.1) is 0 Å². The number of carbonyl (C=O) groups excluding carboxylic acids is 2. The molecule has 5 heteroatoms. The first kappa shape index (κ1) is 12.4. The van der Waals surface area contributed by atoms with Gasteiger partial charge in [0.15, 0.2) is 0 Å². The first-order valence-electron chi connectivity index (χ1n) is 6.36. The Balaban J connectivity index is 2.01. The van der Waals surface area contributed by atoms with Gasteiger partial charge in [0.2, 0.25) is 11.8 Å². The fraction of sp³-hybridized carbons (Fsp3) is 0.833. The average Bonchev–Trinajstić information content (AvgIpc) is 2.75. The van der Waals surface area contributed by atoms with Crippen molar-refractivity contribution >= 4 is 11.8 Å². The summed E-state index contributed by atoms with van der Waals surface area (Å²) in [6, 6.07) is 0. The van der Waals surface area contributed by atoms with Crippen molar-refractivity contribution in [1.29, 1.82) is 0 Å². The van der Waals surface area contributed by atoms with Crippen LogP contribution in [0.25, 0.3) is 0 Å². The van der Waals surface area contributed by atoms with E-state index in [1.54, 1.807) is 4.90 Å². The van der Waals surface area contributed by atoms with E-state index in [-0.39, 0.29) is 18.4 Å². The molecule has 0 aromatic heterocycles. The van der Waals surface area contributed by atoms with E-state index >= 15 is 0 Å². The van der Waals surface area contributed by atoms with Crippen LogP contribution in [0.15, 0.2) is 0 Å². The van der Waals surface area contributed by atoms with Gasteiger partial charge in [-0.3, -0.25) is 9.59 Å². The molecule has 0 aromatic carbocycles. The van der Waals surface area contributed by atoms with Gasteiger partial charge < -0.3 is 15.0 Å². The zero-order chi connectivity index (χ0) is 12.3. The molecule has 0 unspecified atom stereocenters. The molecule has 2 rings (SSSR count). The highest BCUT2D eigenvalue weighted by Crippen LogP contribution is 2.33. The number of hydrogen-bond acceptors (Lipinski definition) is 3. The summed E-state index contributed by atoms with van der Waals surface area (Å²) in [4.78, 5) is 25.7. The molecular formula is C12H20N2O3. The normalized spacial score (nSPS) is 23.2. The second-order valence-electron chi connectivity index (χ2n) is 4.76. The predicted octanol–water partition coefficient (Wildman–Crippen LogP) is 0.294. The van der Waals surface area contributed by atoms with Crippen LogP contribution in [0.5, 0.6) is 0 Å². The van der Waals surface area contributed by atoms with Gasteiger partial charge in [-0.1, -0.05) is 12.8 Å². The van der Waals surface area contributed by atoms with E-state index in [1.807, 2.05) is 6.92 Å². The summed E-state index contributed by atoms with van der Waals surface area (Å²) >= 11 is 0. The van der Waals surface area contributed by atoms with Crippen LogP contribution in [0.1, 0.15) is 32.6 Å². The van der Waals surface area contributed by atoms with Gasteiger partial charge in [-0.05, 0) is 19.8 Å². The van der Waals surface area contributed by atoms with Gasteiger partial charge in [-0.25, -0.2) is 0 Å². The van der Waals surface area contributed by atoms with Gasteiger partial charge in [0.25, 0.3) is 0 Å². The minimum Gasteiger partial charge on any atom is -0.380 e. The van der Waals surface area contributed by atoms with Crippen molar-refractivity contribution < 1.29 is 14.3 Å². The van der Waals surface area contributed by atoms with Crippen molar-refractivity contribution in [3.8, 4) is 0 Å². The lowest BCUT2D eigenvalue weighted by Gasteiger charge is -2.39. The highest BCUT2D eigenvalue weighted by atomic mass is 16.5. The Kier molecular flexibility index (Phi) is 3.66. The number of carbonyl (C=O) groups is 2. The maximum atomic E-state index is 12.3. The van der Waals surface area contributed by atoms with Crippen molar-refractivity contribution in [2.24, 2.45) is 0 Å². The largest absolute Gasteiger partial charge is 0.380 e. The summed E-state index contributed by atoms with van der Waals surface area (Å²) in [5, 5.41) is 2.89. The van der Waals surface area contributed by atoms with Crippen LogP contribution in [-0.2, 0) is 14.3 Å². The number of rotatable bonds is 4. The molecule has 1 N–H and O–H groups in total. The number of nitrogens with one attached hydrogen (secondary N) is 1. The molecule has 5 nitrogen and oxygen atoms in total. The SMILES string of the molecule is CCOCCN1CC(=O)NC2(CCCC2)C1=O. The first-order chi connectivity index (χ1) is 8.18. The molecule has 0 radical (unpaired) electrons. The number of nitrogens with zero attached hydrogens (tertiary/aromatic N) is 1. The fourth-order valence-corrected chi connectivity index (χ4v) is 2.72. The molecule has 0 atom stereocenters. The van der Waals surface area contributed by atoms with E-state index in [0.717, 1.165) is 25.7 Å². The lowest BCUT2D eigenvalue weighted by atomic mass is 9.93. The highest BCUT2D eigenvalue weighted by molar-refractivity contribution is 5.98. The third-order valence-electron chi connectivity index (χ3n) is 3.58. The Labute approximate surface area is 101 Å². The zero-order valence-corrected chi connectivity index (χ0v) is 10.3. The summed E-state index contributed by atoms with van der Waals surface area (Å²) in [7, 11) is 0. The van der Waals surface area contributed by atoms with Crippen molar-refractivity contribution in [3.63, 3.8) is 0 Å². The van der Waals surface area contributed by atoms with Crippen molar-refractivity contribution in [2.45, 2.75) is 38.1 Å². The molecule has 0 bridgehead atoms. The molecule has 0 aromatic rings. The van der Waals surface area contributed by atoms with E-state index in [0.29, 0.717) is 19.8 Å². The van der Waals surface area contributed by atoms with Crippen molar-refractivity contribution in [3.05, 3.63) is 0 Å². The fourth-order valence-electron chi connectivity index (χ4n) is 2.72. The number of hydrogen-bond donors (Lipinski definition) is 1. The smallest absolute Gasteiger partial charge is 0.248 e. The second-order valence-corrected chi connectivity index (χ2v) is 4.76. The molecule has 1 saturated heterocycles. The van der Waals surface area contributed by atoms with Gasteiger partial charge >= 0.3 is 0 Å². The van der Waals surface area contributed by atoms with E-state index in [9.17, 15) is 9.59 Å². The average molecular weight is 240 g/mol. The van der Waals surface area contributed by atoms with Crippen LogP contribution < -0.4 is 5.32 Å². The van der Waals surface area contributed by atoms with Crippen molar-refractivity contribution in [2.75, 3.05) is 26.3 Å². The van der Waals surface area contributed by atoms with E-state index < -0.39 is 5.54 Å². The van der Waals surface area contributed by atoms with Gasteiger partial charge in [0.1, 0.15) is 5.54 Å². The van der Waals surface area contributed by atoms with Crippen LogP contribution in [0.4, 0.5) is 0 Å². The maximum absolute atomic E-state index is 12.3. The summed E-state index contributed by atoms with van der Waals surface area (Å²) in [6.45, 7) is 3.75. The Morgan fingerprint density at radius 3 is 2.71 bits per heavy atom. The van der Waals surface area contributed by atoms with E-state index in [2.05, 4.69) is 5.32 Å². The summed E-state index contributed by atoms with van der Waals surface area (Å²) in [5.74, 6) is 0.0392. The monoisotopic (exact) mass is 240 g/mol. The Bertz CT molecular complexity index is 311. The molecule has 1 heterocycles. The van der Waals surface area contributed by atoms with Gasteiger partial charge in [0.05, 0.1) is 13.2 Å². The minimum absolute atomic E-state index is 0.0389. The number of amides is 2. The highest BCUT2D eigenvalue weighted by Gasteiger charge is 2.47.